The van der Waals surface area contributed by atoms with Gasteiger partial charge in [-0.3, -0.25) is 4.79 Å². The Morgan fingerprint density at radius 3 is 2.85 bits per heavy atom. The highest BCUT2D eigenvalue weighted by Gasteiger charge is 2.17. The fourth-order valence-electron chi connectivity index (χ4n) is 1.67. The van der Waals surface area contributed by atoms with Crippen molar-refractivity contribution in [3.8, 4) is 11.3 Å². The van der Waals surface area contributed by atoms with E-state index in [9.17, 15) is 13.6 Å². The van der Waals surface area contributed by atoms with Crippen molar-refractivity contribution >= 4 is 15.9 Å². The summed E-state index contributed by atoms with van der Waals surface area (Å²) in [7, 11) is 0. The summed E-state index contributed by atoms with van der Waals surface area (Å²) in [6, 6.07) is 3.40. The normalized spacial score (nSPS) is 10.8. The van der Waals surface area contributed by atoms with E-state index in [0.29, 0.717) is 6.61 Å². The van der Waals surface area contributed by atoms with Crippen LogP contribution in [0.15, 0.2) is 27.5 Å². The molecule has 1 N–H and O–H groups in total. The fraction of sp³-hybridized carbons (Fsp3) is 0.231. The molecule has 0 saturated carbocycles. The Morgan fingerprint density at radius 1 is 1.40 bits per heavy atom. The molecule has 1 aromatic heterocycles. The summed E-state index contributed by atoms with van der Waals surface area (Å²) in [6.07, 6.45) is 0. The van der Waals surface area contributed by atoms with Crippen molar-refractivity contribution in [2.45, 2.75) is 13.5 Å². The standard InChI is InChI=1S/C13H11BrF2N2O2/c1-2-20-6-10-17-9(5-11(19)18-10)12-8(15)4-3-7(14)13(12)16/h3-5H,2,6H2,1H3,(H,17,18,19). The van der Waals surface area contributed by atoms with E-state index in [1.54, 1.807) is 6.92 Å². The monoisotopic (exact) mass is 344 g/mol. The zero-order valence-electron chi connectivity index (χ0n) is 10.5. The van der Waals surface area contributed by atoms with Crippen molar-refractivity contribution in [2.24, 2.45) is 0 Å². The average Bonchev–Trinajstić information content (AvgIpc) is 2.41. The SMILES string of the molecule is CCOCc1nc(-c2c(F)ccc(Br)c2F)cc(=O)[nH]1. The van der Waals surface area contributed by atoms with Crippen molar-refractivity contribution in [3.63, 3.8) is 0 Å². The summed E-state index contributed by atoms with van der Waals surface area (Å²) in [5.74, 6) is -1.37. The highest BCUT2D eigenvalue weighted by Crippen LogP contribution is 2.28. The molecule has 4 nitrogen and oxygen atoms in total. The fourth-order valence-corrected chi connectivity index (χ4v) is 2.00. The van der Waals surface area contributed by atoms with Crippen LogP contribution in [-0.2, 0) is 11.3 Å². The molecule has 0 spiro atoms. The number of nitrogens with zero attached hydrogens (tertiary/aromatic N) is 1. The molecule has 0 radical (unpaired) electrons. The molecular weight excluding hydrogens is 334 g/mol. The Labute approximate surface area is 121 Å². The smallest absolute Gasteiger partial charge is 0.251 e. The first kappa shape index (κ1) is 14.8. The number of aromatic amines is 1. The number of rotatable bonds is 4. The molecule has 106 valence electrons. The van der Waals surface area contributed by atoms with Gasteiger partial charge in [0.1, 0.15) is 24.1 Å². The van der Waals surface area contributed by atoms with E-state index in [1.807, 2.05) is 0 Å². The molecule has 1 aromatic carbocycles. The van der Waals surface area contributed by atoms with Gasteiger partial charge in [-0.25, -0.2) is 13.8 Å². The van der Waals surface area contributed by atoms with Gasteiger partial charge in [-0.1, -0.05) is 0 Å². The highest BCUT2D eigenvalue weighted by atomic mass is 79.9. The van der Waals surface area contributed by atoms with Gasteiger partial charge < -0.3 is 9.72 Å². The Bertz CT molecular complexity index is 689. The molecule has 0 saturated heterocycles. The van der Waals surface area contributed by atoms with E-state index in [-0.39, 0.29) is 28.2 Å². The van der Waals surface area contributed by atoms with Gasteiger partial charge in [0.15, 0.2) is 0 Å². The van der Waals surface area contributed by atoms with Crippen LogP contribution >= 0.6 is 15.9 Å². The first-order chi connectivity index (χ1) is 9.52. The molecule has 2 aromatic rings. The molecule has 1 heterocycles. The van der Waals surface area contributed by atoms with E-state index in [1.165, 1.54) is 6.07 Å². The Hall–Kier alpha value is -1.60. The lowest BCUT2D eigenvalue weighted by Crippen LogP contribution is -2.13. The largest absolute Gasteiger partial charge is 0.374 e. The third kappa shape index (κ3) is 3.10. The van der Waals surface area contributed by atoms with Crippen molar-refractivity contribution < 1.29 is 13.5 Å². The number of hydrogen-bond acceptors (Lipinski definition) is 3. The molecule has 0 aliphatic rings. The summed E-state index contributed by atoms with van der Waals surface area (Å²) in [4.78, 5) is 18.0. The van der Waals surface area contributed by atoms with Gasteiger partial charge in [0.05, 0.1) is 15.7 Å². The number of halogens is 3. The van der Waals surface area contributed by atoms with Gasteiger partial charge in [-0.15, -0.1) is 0 Å². The van der Waals surface area contributed by atoms with Gasteiger partial charge in [-0.05, 0) is 35.0 Å². The minimum Gasteiger partial charge on any atom is -0.374 e. The van der Waals surface area contributed by atoms with Gasteiger partial charge in [0.25, 0.3) is 5.56 Å². The van der Waals surface area contributed by atoms with Crippen LogP contribution < -0.4 is 5.56 Å². The molecule has 0 aliphatic heterocycles. The van der Waals surface area contributed by atoms with Crippen LogP contribution in [0, 0.1) is 11.6 Å². The molecule has 7 heteroatoms. The number of hydrogen-bond donors (Lipinski definition) is 1. The third-order valence-electron chi connectivity index (χ3n) is 2.53. The predicted molar refractivity (Wildman–Crippen MR) is 73.2 cm³/mol. The first-order valence-corrected chi connectivity index (χ1v) is 6.64. The van der Waals surface area contributed by atoms with Gasteiger partial charge >= 0.3 is 0 Å². The van der Waals surface area contributed by atoms with Crippen LogP contribution in [0.2, 0.25) is 0 Å². The second-order valence-electron chi connectivity index (χ2n) is 3.93. The second-order valence-corrected chi connectivity index (χ2v) is 4.79. The van der Waals surface area contributed by atoms with Gasteiger partial charge in [0.2, 0.25) is 0 Å². The van der Waals surface area contributed by atoms with Crippen molar-refractivity contribution in [3.05, 3.63) is 50.5 Å². The van der Waals surface area contributed by atoms with Crippen LogP contribution in [-0.4, -0.2) is 16.6 Å². The molecule has 2 rings (SSSR count). The molecule has 0 bridgehead atoms. The maximum absolute atomic E-state index is 14.0. The predicted octanol–water partition coefficient (Wildman–Crippen LogP) is 3.01. The third-order valence-corrected chi connectivity index (χ3v) is 3.15. The minimum atomic E-state index is -0.801. The van der Waals surface area contributed by atoms with Crippen LogP contribution in [0.3, 0.4) is 0 Å². The van der Waals surface area contributed by atoms with Crippen LogP contribution in [0.5, 0.6) is 0 Å². The lowest BCUT2D eigenvalue weighted by atomic mass is 10.1. The quantitative estimate of drug-likeness (QED) is 0.867. The topological polar surface area (TPSA) is 55.0 Å². The maximum atomic E-state index is 14.0. The van der Waals surface area contributed by atoms with Crippen molar-refractivity contribution in [1.29, 1.82) is 0 Å². The zero-order valence-corrected chi connectivity index (χ0v) is 12.1. The summed E-state index contributed by atoms with van der Waals surface area (Å²) < 4.78 is 33.0. The van der Waals surface area contributed by atoms with E-state index in [2.05, 4.69) is 25.9 Å². The molecule has 0 amide bonds. The highest BCUT2D eigenvalue weighted by molar-refractivity contribution is 9.10. The van der Waals surface area contributed by atoms with Gasteiger partial charge in [-0.2, -0.15) is 0 Å². The van der Waals surface area contributed by atoms with E-state index >= 15 is 0 Å². The number of benzene rings is 1. The maximum Gasteiger partial charge on any atom is 0.251 e. The molecular formula is C13H11BrF2N2O2. The summed E-state index contributed by atoms with van der Waals surface area (Å²) >= 11 is 2.98. The summed E-state index contributed by atoms with van der Waals surface area (Å²) in [5, 5.41) is 0. The number of ether oxygens (including phenoxy) is 1. The number of nitrogens with one attached hydrogen (secondary N) is 1. The minimum absolute atomic E-state index is 0.0663. The van der Waals surface area contributed by atoms with E-state index in [4.69, 9.17) is 4.74 Å². The number of H-pyrrole nitrogens is 1. The lowest BCUT2D eigenvalue weighted by molar-refractivity contribution is 0.128. The molecule has 0 fully saturated rings. The molecule has 0 aliphatic carbocycles. The summed E-state index contributed by atoms with van der Waals surface area (Å²) in [5.41, 5.74) is -0.911. The van der Waals surface area contributed by atoms with Crippen LogP contribution in [0.25, 0.3) is 11.3 Å². The van der Waals surface area contributed by atoms with Crippen molar-refractivity contribution in [2.75, 3.05) is 6.61 Å². The average molecular weight is 345 g/mol. The Kier molecular flexibility index (Phi) is 4.61. The van der Waals surface area contributed by atoms with E-state index in [0.717, 1.165) is 12.1 Å². The first-order valence-electron chi connectivity index (χ1n) is 5.84. The van der Waals surface area contributed by atoms with Crippen LogP contribution in [0.4, 0.5) is 8.78 Å². The summed E-state index contributed by atoms with van der Waals surface area (Å²) in [6.45, 7) is 2.29. The molecule has 0 unspecified atom stereocenters. The molecule has 0 atom stereocenters. The lowest BCUT2D eigenvalue weighted by Gasteiger charge is -2.07. The van der Waals surface area contributed by atoms with Gasteiger partial charge in [0, 0.05) is 12.7 Å². The van der Waals surface area contributed by atoms with Crippen LogP contribution in [0.1, 0.15) is 12.7 Å². The number of aromatic nitrogens is 2. The Morgan fingerprint density at radius 2 is 2.15 bits per heavy atom. The zero-order chi connectivity index (χ0) is 14.7. The van der Waals surface area contributed by atoms with Crippen molar-refractivity contribution in [1.82, 2.24) is 9.97 Å². The molecule has 20 heavy (non-hydrogen) atoms. The van der Waals surface area contributed by atoms with E-state index < -0.39 is 17.2 Å². The second kappa shape index (κ2) is 6.23. The Balaban J connectivity index is 2.55.